The molecule has 4 nitrogen and oxygen atoms in total. The largest absolute Gasteiger partial charge is 0.248 e. The zero-order valence-corrected chi connectivity index (χ0v) is 7.99. The van der Waals surface area contributed by atoms with Crippen molar-refractivity contribution in [2.24, 2.45) is 9.39 Å². The molecule has 0 bridgehead atoms. The summed E-state index contributed by atoms with van der Waals surface area (Å²) in [6, 6.07) is 0. The molecule has 0 aliphatic heterocycles. The lowest BCUT2D eigenvalue weighted by atomic mass is 10.3. The van der Waals surface area contributed by atoms with Crippen LogP contribution in [0.4, 0.5) is 0 Å². The van der Waals surface area contributed by atoms with Crippen LogP contribution >= 0.6 is 21.8 Å². The number of nitrogens with zero attached hydrogens (tertiary/aromatic N) is 2. The van der Waals surface area contributed by atoms with E-state index in [9.17, 15) is 9.59 Å². The quantitative estimate of drug-likeness (QED) is 0.208. The van der Waals surface area contributed by atoms with E-state index in [2.05, 4.69) is 9.39 Å². The van der Waals surface area contributed by atoms with Crippen LogP contribution in [0.25, 0.3) is 0 Å². The highest BCUT2D eigenvalue weighted by molar-refractivity contribution is 8.76. The summed E-state index contributed by atoms with van der Waals surface area (Å²) in [7, 11) is 2.61. The fourth-order valence-corrected chi connectivity index (χ4v) is 1.78. The third-order valence-corrected chi connectivity index (χ3v) is 2.69. The van der Waals surface area contributed by atoms with E-state index in [0.29, 0.717) is 6.54 Å². The minimum absolute atomic E-state index is 0.533. The third-order valence-electron chi connectivity index (χ3n) is 0.939. The second kappa shape index (κ2) is 10.5. The second-order valence-corrected chi connectivity index (χ2v) is 3.89. The molecule has 0 N–H and O–H groups in total. The summed E-state index contributed by atoms with van der Waals surface area (Å²) in [6.07, 6.45) is 4.72. The van der Waals surface area contributed by atoms with Gasteiger partial charge in [-0.3, -0.25) is 0 Å². The van der Waals surface area contributed by atoms with E-state index < -0.39 is 0 Å². The van der Waals surface area contributed by atoms with Crippen LogP contribution in [0.1, 0.15) is 12.8 Å². The van der Waals surface area contributed by atoms with Gasteiger partial charge in [0.1, 0.15) is 0 Å². The molecule has 0 fully saturated rings. The normalized spacial score (nSPS) is 8.33. The van der Waals surface area contributed by atoms with Gasteiger partial charge >= 0.3 is 0 Å². The van der Waals surface area contributed by atoms with Crippen molar-refractivity contribution in [2.75, 3.05) is 12.3 Å². The standard InChI is InChI=1S/C6H8N2O2S2/c9-5-7-3-1-2-4-11-12-8-6-10/h1-4H2. The number of unbranched alkanes of at least 4 members (excludes halogenated alkanes) is 1. The maximum atomic E-state index is 9.62. The summed E-state index contributed by atoms with van der Waals surface area (Å²) in [5, 5.41) is 0. The lowest BCUT2D eigenvalue weighted by molar-refractivity contribution is 0.562. The van der Waals surface area contributed by atoms with Crippen molar-refractivity contribution >= 4 is 33.9 Å². The topological polar surface area (TPSA) is 58.9 Å². The van der Waals surface area contributed by atoms with E-state index in [4.69, 9.17) is 0 Å². The molecule has 0 aromatic rings. The minimum atomic E-state index is 0.533. The average molecular weight is 204 g/mol. The van der Waals surface area contributed by atoms with Crippen molar-refractivity contribution in [1.29, 1.82) is 0 Å². The Hall–Kier alpha value is -0.540. The Morgan fingerprint density at radius 2 is 2.00 bits per heavy atom. The third kappa shape index (κ3) is 9.46. The SMILES string of the molecule is O=C=NCCCCSSN=C=O. The van der Waals surface area contributed by atoms with Crippen molar-refractivity contribution < 1.29 is 9.59 Å². The first-order chi connectivity index (χ1) is 5.91. The van der Waals surface area contributed by atoms with Crippen molar-refractivity contribution in [2.45, 2.75) is 12.8 Å². The lowest BCUT2D eigenvalue weighted by Crippen LogP contribution is -1.82. The van der Waals surface area contributed by atoms with Crippen LogP contribution in [0.15, 0.2) is 9.39 Å². The first kappa shape index (κ1) is 11.5. The van der Waals surface area contributed by atoms with Crippen LogP contribution in [-0.2, 0) is 9.59 Å². The van der Waals surface area contributed by atoms with Gasteiger partial charge in [0, 0.05) is 5.75 Å². The van der Waals surface area contributed by atoms with Gasteiger partial charge in [-0.25, -0.2) is 14.6 Å². The average Bonchev–Trinajstić information content (AvgIpc) is 2.10. The molecule has 0 amide bonds. The molecule has 66 valence electrons. The molecular formula is C6H8N2O2S2. The molecule has 0 unspecified atom stereocenters. The number of isocyanates is 2. The van der Waals surface area contributed by atoms with Crippen LogP contribution in [0, 0.1) is 0 Å². The van der Waals surface area contributed by atoms with E-state index in [1.54, 1.807) is 0 Å². The van der Waals surface area contributed by atoms with E-state index in [1.807, 2.05) is 0 Å². The summed E-state index contributed by atoms with van der Waals surface area (Å²) in [5.41, 5.74) is 0. The van der Waals surface area contributed by atoms with Gasteiger partial charge in [0.25, 0.3) is 0 Å². The molecule has 0 aliphatic rings. The van der Waals surface area contributed by atoms with Crippen molar-refractivity contribution in [1.82, 2.24) is 0 Å². The van der Waals surface area contributed by atoms with Crippen molar-refractivity contribution in [3.8, 4) is 0 Å². The molecule has 0 aromatic heterocycles. The first-order valence-corrected chi connectivity index (χ1v) is 5.59. The Morgan fingerprint density at radius 1 is 1.17 bits per heavy atom. The second-order valence-electron chi connectivity index (χ2n) is 1.76. The number of hydrogen-bond acceptors (Lipinski definition) is 6. The molecule has 0 saturated carbocycles. The Bertz CT molecular complexity index is 176. The van der Waals surface area contributed by atoms with E-state index in [-0.39, 0.29) is 0 Å². The first-order valence-electron chi connectivity index (χ1n) is 3.31. The van der Waals surface area contributed by atoms with Crippen LogP contribution in [-0.4, -0.2) is 24.5 Å². The molecule has 0 spiro atoms. The van der Waals surface area contributed by atoms with E-state index >= 15 is 0 Å². The molecule has 0 saturated heterocycles. The molecule has 0 radical (unpaired) electrons. The van der Waals surface area contributed by atoms with Gasteiger partial charge in [-0.2, -0.15) is 0 Å². The smallest absolute Gasteiger partial charge is 0.211 e. The van der Waals surface area contributed by atoms with Gasteiger partial charge in [0.05, 0.1) is 17.5 Å². The molecular weight excluding hydrogens is 196 g/mol. The fraction of sp³-hybridized carbons (Fsp3) is 0.667. The zero-order chi connectivity index (χ0) is 9.07. The lowest BCUT2D eigenvalue weighted by Gasteiger charge is -1.92. The summed E-state index contributed by atoms with van der Waals surface area (Å²) in [6.45, 7) is 0.533. The predicted octanol–water partition coefficient (Wildman–Crippen LogP) is 1.73. The summed E-state index contributed by atoms with van der Waals surface area (Å²) in [4.78, 5) is 22.6. The maximum absolute atomic E-state index is 9.62. The molecule has 0 aliphatic carbocycles. The Labute approximate surface area is 78.5 Å². The highest BCUT2D eigenvalue weighted by Crippen LogP contribution is 2.22. The molecule has 0 rings (SSSR count). The summed E-state index contributed by atoms with van der Waals surface area (Å²) in [5.74, 6) is 0.893. The van der Waals surface area contributed by atoms with Crippen LogP contribution in [0.3, 0.4) is 0 Å². The van der Waals surface area contributed by atoms with Crippen LogP contribution in [0.2, 0.25) is 0 Å². The fourth-order valence-electron chi connectivity index (χ4n) is 0.476. The number of carbonyl (C=O) groups excluding carboxylic acids is 2. The van der Waals surface area contributed by atoms with Crippen molar-refractivity contribution in [3.05, 3.63) is 0 Å². The highest BCUT2D eigenvalue weighted by Gasteiger charge is 1.88. The van der Waals surface area contributed by atoms with Gasteiger partial charge in [0.2, 0.25) is 12.2 Å². The predicted molar refractivity (Wildman–Crippen MR) is 50.4 cm³/mol. The minimum Gasteiger partial charge on any atom is -0.211 e. The van der Waals surface area contributed by atoms with Gasteiger partial charge in [-0.05, 0) is 12.8 Å². The molecule has 12 heavy (non-hydrogen) atoms. The van der Waals surface area contributed by atoms with Crippen LogP contribution < -0.4 is 0 Å². The zero-order valence-electron chi connectivity index (χ0n) is 6.36. The van der Waals surface area contributed by atoms with Gasteiger partial charge in [-0.1, -0.05) is 10.8 Å². The Kier molecular flexibility index (Phi) is 9.99. The van der Waals surface area contributed by atoms with Gasteiger partial charge in [-0.15, -0.1) is 4.40 Å². The molecule has 6 heteroatoms. The summed E-state index contributed by atoms with van der Waals surface area (Å²) >= 11 is 0. The Balaban J connectivity index is 3.00. The summed E-state index contributed by atoms with van der Waals surface area (Å²) < 4.78 is 3.29. The monoisotopic (exact) mass is 204 g/mol. The number of hydrogen-bond donors (Lipinski definition) is 0. The molecule has 0 aromatic carbocycles. The number of aliphatic imine (C=N–C) groups is 1. The number of rotatable bonds is 7. The van der Waals surface area contributed by atoms with Gasteiger partial charge < -0.3 is 0 Å². The highest BCUT2D eigenvalue weighted by atomic mass is 33.1. The van der Waals surface area contributed by atoms with E-state index in [1.165, 1.54) is 23.0 Å². The van der Waals surface area contributed by atoms with Gasteiger partial charge in [0.15, 0.2) is 0 Å². The van der Waals surface area contributed by atoms with E-state index in [0.717, 1.165) is 29.6 Å². The molecule has 0 heterocycles. The molecule has 0 atom stereocenters. The Morgan fingerprint density at radius 3 is 2.67 bits per heavy atom. The maximum Gasteiger partial charge on any atom is 0.248 e. The van der Waals surface area contributed by atoms with Crippen molar-refractivity contribution in [3.63, 3.8) is 0 Å². The van der Waals surface area contributed by atoms with Crippen LogP contribution in [0.5, 0.6) is 0 Å².